The van der Waals surface area contributed by atoms with Gasteiger partial charge < -0.3 is 10.4 Å². The maximum Gasteiger partial charge on any atom is 0.340 e. The summed E-state index contributed by atoms with van der Waals surface area (Å²) in [4.78, 5) is 11.0. The first-order chi connectivity index (χ1) is 8.18. The SMILES string of the molecule is O=C(O)c1c(F)cccc1NC1CC=CCC1. The van der Waals surface area contributed by atoms with Crippen LogP contribution in [-0.2, 0) is 0 Å². The average Bonchev–Trinajstić information content (AvgIpc) is 2.30. The third-order valence-electron chi connectivity index (χ3n) is 2.86. The Morgan fingerprint density at radius 3 is 2.88 bits per heavy atom. The maximum absolute atomic E-state index is 13.4. The lowest BCUT2D eigenvalue weighted by Crippen LogP contribution is -2.22. The van der Waals surface area contributed by atoms with Gasteiger partial charge >= 0.3 is 5.97 Å². The predicted molar refractivity (Wildman–Crippen MR) is 63.8 cm³/mol. The minimum atomic E-state index is -1.24. The van der Waals surface area contributed by atoms with E-state index in [0.717, 1.165) is 25.3 Å². The molecule has 3 nitrogen and oxygen atoms in total. The Balaban J connectivity index is 2.23. The molecule has 0 amide bonds. The Kier molecular flexibility index (Phi) is 3.42. The first-order valence-corrected chi connectivity index (χ1v) is 5.62. The van der Waals surface area contributed by atoms with Crippen LogP contribution in [-0.4, -0.2) is 17.1 Å². The maximum atomic E-state index is 13.4. The Labute approximate surface area is 99.0 Å². The van der Waals surface area contributed by atoms with Crippen molar-refractivity contribution < 1.29 is 14.3 Å². The molecule has 0 saturated heterocycles. The number of halogens is 1. The van der Waals surface area contributed by atoms with Gasteiger partial charge in [0.15, 0.2) is 0 Å². The number of carboxylic acid groups (broad SMARTS) is 1. The fourth-order valence-corrected chi connectivity index (χ4v) is 2.01. The van der Waals surface area contributed by atoms with E-state index in [1.165, 1.54) is 6.07 Å². The molecule has 0 fully saturated rings. The molecule has 17 heavy (non-hydrogen) atoms. The smallest absolute Gasteiger partial charge is 0.340 e. The van der Waals surface area contributed by atoms with Gasteiger partial charge in [-0.15, -0.1) is 0 Å². The molecule has 2 N–H and O–H groups in total. The monoisotopic (exact) mass is 235 g/mol. The fourth-order valence-electron chi connectivity index (χ4n) is 2.01. The fraction of sp³-hybridized carbons (Fsp3) is 0.308. The van der Waals surface area contributed by atoms with Crippen LogP contribution >= 0.6 is 0 Å². The van der Waals surface area contributed by atoms with Crippen LogP contribution in [0, 0.1) is 5.82 Å². The number of hydrogen-bond acceptors (Lipinski definition) is 2. The van der Waals surface area contributed by atoms with Gasteiger partial charge in [-0.05, 0) is 31.4 Å². The van der Waals surface area contributed by atoms with Crippen LogP contribution in [0.2, 0.25) is 0 Å². The second-order valence-electron chi connectivity index (χ2n) is 4.09. The Hall–Kier alpha value is -1.84. The molecular weight excluding hydrogens is 221 g/mol. The lowest BCUT2D eigenvalue weighted by atomic mass is 10.0. The molecule has 0 radical (unpaired) electrons. The van der Waals surface area contributed by atoms with Crippen molar-refractivity contribution in [2.24, 2.45) is 0 Å². The molecule has 2 rings (SSSR count). The van der Waals surface area contributed by atoms with Crippen molar-refractivity contribution in [1.29, 1.82) is 0 Å². The number of carboxylic acids is 1. The van der Waals surface area contributed by atoms with Gasteiger partial charge in [0.1, 0.15) is 11.4 Å². The van der Waals surface area contributed by atoms with Crippen LogP contribution in [0.15, 0.2) is 30.4 Å². The van der Waals surface area contributed by atoms with Crippen LogP contribution < -0.4 is 5.32 Å². The zero-order valence-corrected chi connectivity index (χ0v) is 9.32. The van der Waals surface area contributed by atoms with Crippen molar-refractivity contribution in [3.05, 3.63) is 41.7 Å². The van der Waals surface area contributed by atoms with Crippen LogP contribution in [0.3, 0.4) is 0 Å². The minimum absolute atomic E-state index is 0.180. The molecule has 1 aliphatic carbocycles. The molecule has 0 aliphatic heterocycles. The highest BCUT2D eigenvalue weighted by Crippen LogP contribution is 2.23. The largest absolute Gasteiger partial charge is 0.478 e. The zero-order valence-electron chi connectivity index (χ0n) is 9.32. The topological polar surface area (TPSA) is 49.3 Å². The number of nitrogens with one attached hydrogen (secondary N) is 1. The third-order valence-corrected chi connectivity index (χ3v) is 2.86. The summed E-state index contributed by atoms with van der Waals surface area (Å²) in [5.74, 6) is -1.94. The van der Waals surface area contributed by atoms with Crippen molar-refractivity contribution in [3.8, 4) is 0 Å². The molecule has 0 spiro atoms. The third kappa shape index (κ3) is 2.64. The van der Waals surface area contributed by atoms with Gasteiger partial charge in [-0.2, -0.15) is 0 Å². The number of rotatable bonds is 3. The van der Waals surface area contributed by atoms with Gasteiger partial charge in [-0.25, -0.2) is 9.18 Å². The Morgan fingerprint density at radius 1 is 1.41 bits per heavy atom. The van der Waals surface area contributed by atoms with Crippen molar-refractivity contribution in [3.63, 3.8) is 0 Å². The van der Waals surface area contributed by atoms with Crippen molar-refractivity contribution in [1.82, 2.24) is 0 Å². The minimum Gasteiger partial charge on any atom is -0.478 e. The quantitative estimate of drug-likeness (QED) is 0.792. The summed E-state index contributed by atoms with van der Waals surface area (Å²) in [5, 5.41) is 12.1. The van der Waals surface area contributed by atoms with E-state index in [9.17, 15) is 9.18 Å². The predicted octanol–water partition coefficient (Wildman–Crippen LogP) is 3.04. The summed E-state index contributed by atoms with van der Waals surface area (Å²) in [6, 6.07) is 4.46. The van der Waals surface area contributed by atoms with Crippen LogP contribution in [0.1, 0.15) is 29.6 Å². The first-order valence-electron chi connectivity index (χ1n) is 5.62. The van der Waals surface area contributed by atoms with Gasteiger partial charge in [-0.1, -0.05) is 18.2 Å². The van der Waals surface area contributed by atoms with Crippen LogP contribution in [0.5, 0.6) is 0 Å². The van der Waals surface area contributed by atoms with E-state index in [4.69, 9.17) is 5.11 Å². The lowest BCUT2D eigenvalue weighted by molar-refractivity contribution is 0.0693. The number of allylic oxidation sites excluding steroid dienone is 1. The van der Waals surface area contributed by atoms with E-state index in [-0.39, 0.29) is 11.6 Å². The second-order valence-corrected chi connectivity index (χ2v) is 4.09. The van der Waals surface area contributed by atoms with E-state index >= 15 is 0 Å². The Morgan fingerprint density at radius 2 is 2.24 bits per heavy atom. The van der Waals surface area contributed by atoms with Gasteiger partial charge in [0.2, 0.25) is 0 Å². The summed E-state index contributed by atoms with van der Waals surface area (Å²) in [6.45, 7) is 0. The molecule has 0 aromatic heterocycles. The molecule has 1 unspecified atom stereocenters. The molecule has 1 aromatic carbocycles. The van der Waals surface area contributed by atoms with Crippen LogP contribution in [0.25, 0.3) is 0 Å². The number of aromatic carboxylic acids is 1. The Bertz CT molecular complexity index is 457. The zero-order chi connectivity index (χ0) is 12.3. The molecule has 0 heterocycles. The summed E-state index contributed by atoms with van der Waals surface area (Å²) < 4.78 is 13.4. The van der Waals surface area contributed by atoms with Crippen molar-refractivity contribution in [2.45, 2.75) is 25.3 Å². The number of hydrogen-bond donors (Lipinski definition) is 2. The number of carbonyl (C=O) groups is 1. The van der Waals surface area contributed by atoms with Gasteiger partial charge in [0.25, 0.3) is 0 Å². The number of anilines is 1. The van der Waals surface area contributed by atoms with E-state index < -0.39 is 11.8 Å². The molecule has 90 valence electrons. The molecule has 1 aliphatic rings. The highest BCUT2D eigenvalue weighted by Gasteiger charge is 2.18. The van der Waals surface area contributed by atoms with E-state index in [1.54, 1.807) is 6.07 Å². The summed E-state index contributed by atoms with van der Waals surface area (Å²) in [7, 11) is 0. The van der Waals surface area contributed by atoms with Crippen LogP contribution in [0.4, 0.5) is 10.1 Å². The van der Waals surface area contributed by atoms with Gasteiger partial charge in [0.05, 0.1) is 5.69 Å². The van der Waals surface area contributed by atoms with E-state index in [2.05, 4.69) is 17.5 Å². The van der Waals surface area contributed by atoms with E-state index in [0.29, 0.717) is 5.69 Å². The molecule has 1 aromatic rings. The first kappa shape index (κ1) is 11.6. The molecular formula is C13H14FNO2. The van der Waals surface area contributed by atoms with E-state index in [1.807, 2.05) is 0 Å². The van der Waals surface area contributed by atoms with Gasteiger partial charge in [-0.3, -0.25) is 0 Å². The van der Waals surface area contributed by atoms with Crippen molar-refractivity contribution >= 4 is 11.7 Å². The normalized spacial score (nSPS) is 19.0. The average molecular weight is 235 g/mol. The summed E-state index contributed by atoms with van der Waals surface area (Å²) in [6.07, 6.45) is 6.90. The molecule has 0 bridgehead atoms. The highest BCUT2D eigenvalue weighted by molar-refractivity contribution is 5.94. The lowest BCUT2D eigenvalue weighted by Gasteiger charge is -2.21. The molecule has 0 saturated carbocycles. The van der Waals surface area contributed by atoms with Gasteiger partial charge in [0, 0.05) is 6.04 Å². The second kappa shape index (κ2) is 4.99. The highest BCUT2D eigenvalue weighted by atomic mass is 19.1. The standard InChI is InChI=1S/C13H14FNO2/c14-10-7-4-8-11(12(10)13(16)17)15-9-5-2-1-3-6-9/h1-2,4,7-9,15H,3,5-6H2,(H,16,17). The number of benzene rings is 1. The summed E-state index contributed by atoms with van der Waals surface area (Å²) in [5.41, 5.74) is 0.0832. The molecule has 4 heteroatoms. The molecule has 1 atom stereocenters. The summed E-state index contributed by atoms with van der Waals surface area (Å²) >= 11 is 0. The van der Waals surface area contributed by atoms with Crippen molar-refractivity contribution in [2.75, 3.05) is 5.32 Å².